The largest absolute Gasteiger partial charge is 0.383 e. The number of thioether (sulfide) groups is 1. The second-order valence-corrected chi connectivity index (χ2v) is 6.47. The molecule has 4 nitrogen and oxygen atoms in total. The van der Waals surface area contributed by atoms with Crippen molar-refractivity contribution in [1.29, 1.82) is 0 Å². The molecular formula is C15H23N3OS. The van der Waals surface area contributed by atoms with Crippen molar-refractivity contribution in [3.05, 3.63) is 24.0 Å². The van der Waals surface area contributed by atoms with Gasteiger partial charge in [0, 0.05) is 24.0 Å². The molecule has 2 N–H and O–H groups in total. The third-order valence-corrected chi connectivity index (χ3v) is 4.91. The van der Waals surface area contributed by atoms with Crippen LogP contribution in [0.2, 0.25) is 0 Å². The van der Waals surface area contributed by atoms with Crippen molar-refractivity contribution >= 4 is 23.4 Å². The second kappa shape index (κ2) is 7.53. The highest BCUT2D eigenvalue weighted by atomic mass is 32.2. The third kappa shape index (κ3) is 3.66. The lowest BCUT2D eigenvalue weighted by Crippen LogP contribution is -2.39. The Balaban J connectivity index is 2.04. The Labute approximate surface area is 125 Å². The first-order valence-corrected chi connectivity index (χ1v) is 8.41. The van der Waals surface area contributed by atoms with Crippen LogP contribution in [-0.4, -0.2) is 34.5 Å². The van der Waals surface area contributed by atoms with Crippen LogP contribution < -0.4 is 10.6 Å². The maximum atomic E-state index is 12.5. The predicted molar refractivity (Wildman–Crippen MR) is 85.4 cm³/mol. The average Bonchev–Trinajstić information content (AvgIpc) is 2.87. The van der Waals surface area contributed by atoms with Crippen molar-refractivity contribution in [1.82, 2.24) is 10.3 Å². The summed E-state index contributed by atoms with van der Waals surface area (Å²) < 4.78 is 0. The summed E-state index contributed by atoms with van der Waals surface area (Å²) >= 11 is 1.96. The van der Waals surface area contributed by atoms with Gasteiger partial charge in [0.1, 0.15) is 0 Å². The van der Waals surface area contributed by atoms with Gasteiger partial charge in [-0.3, -0.25) is 9.78 Å². The Kier molecular flexibility index (Phi) is 5.71. The number of rotatable bonds is 6. The highest BCUT2D eigenvalue weighted by molar-refractivity contribution is 7.99. The fraction of sp³-hybridized carbons (Fsp3) is 0.600. The van der Waals surface area contributed by atoms with Crippen LogP contribution >= 0.6 is 11.8 Å². The lowest BCUT2D eigenvalue weighted by atomic mass is 10.1. The SMILES string of the molecule is CCNc1cnccc1C(=O)NC1CCCC1SCC. The number of nitrogens with one attached hydrogen (secondary N) is 2. The number of pyridine rings is 1. The molecule has 0 spiro atoms. The van der Waals surface area contributed by atoms with Crippen LogP contribution in [0.5, 0.6) is 0 Å². The first kappa shape index (κ1) is 15.2. The van der Waals surface area contributed by atoms with E-state index in [4.69, 9.17) is 0 Å². The summed E-state index contributed by atoms with van der Waals surface area (Å²) in [6, 6.07) is 2.08. The molecule has 1 aliphatic carbocycles. The third-order valence-electron chi connectivity index (χ3n) is 3.58. The van der Waals surface area contributed by atoms with E-state index >= 15 is 0 Å². The van der Waals surface area contributed by atoms with Crippen LogP contribution in [0.1, 0.15) is 43.5 Å². The molecule has 0 aliphatic heterocycles. The predicted octanol–water partition coefficient (Wildman–Crippen LogP) is 2.92. The zero-order valence-electron chi connectivity index (χ0n) is 12.2. The molecule has 0 bridgehead atoms. The van der Waals surface area contributed by atoms with Crippen LogP contribution in [0, 0.1) is 0 Å². The number of anilines is 1. The lowest BCUT2D eigenvalue weighted by molar-refractivity contribution is 0.0939. The van der Waals surface area contributed by atoms with Crippen molar-refractivity contribution in [3.63, 3.8) is 0 Å². The van der Waals surface area contributed by atoms with Crippen LogP contribution in [0.4, 0.5) is 5.69 Å². The number of hydrogen-bond acceptors (Lipinski definition) is 4. The molecule has 110 valence electrons. The molecule has 1 aromatic rings. The first-order chi connectivity index (χ1) is 9.76. The summed E-state index contributed by atoms with van der Waals surface area (Å²) in [5.41, 5.74) is 1.50. The van der Waals surface area contributed by atoms with Crippen LogP contribution in [0.25, 0.3) is 0 Å². The zero-order valence-corrected chi connectivity index (χ0v) is 13.0. The summed E-state index contributed by atoms with van der Waals surface area (Å²) in [7, 11) is 0. The standard InChI is InChI=1S/C15H23N3OS/c1-3-17-13-10-16-9-8-11(13)15(19)18-12-6-5-7-14(12)20-4-2/h8-10,12,14,17H,3-7H2,1-2H3,(H,18,19). The van der Waals surface area contributed by atoms with Gasteiger partial charge in [-0.25, -0.2) is 0 Å². The topological polar surface area (TPSA) is 54.0 Å². The van der Waals surface area contributed by atoms with Crippen molar-refractivity contribution in [2.45, 2.75) is 44.4 Å². The Bertz CT molecular complexity index is 452. The van der Waals surface area contributed by atoms with E-state index in [0.717, 1.165) is 24.4 Å². The molecule has 1 saturated carbocycles. The molecule has 0 radical (unpaired) electrons. The van der Waals surface area contributed by atoms with Crippen LogP contribution in [-0.2, 0) is 0 Å². The molecule has 1 aromatic heterocycles. The van der Waals surface area contributed by atoms with Gasteiger partial charge in [-0.05, 0) is 31.6 Å². The van der Waals surface area contributed by atoms with Crippen molar-refractivity contribution < 1.29 is 4.79 Å². The molecular weight excluding hydrogens is 270 g/mol. The van der Waals surface area contributed by atoms with Gasteiger partial charge < -0.3 is 10.6 Å². The first-order valence-electron chi connectivity index (χ1n) is 7.36. The molecule has 2 unspecified atom stereocenters. The van der Waals surface area contributed by atoms with E-state index in [1.165, 1.54) is 12.8 Å². The van der Waals surface area contributed by atoms with E-state index < -0.39 is 0 Å². The normalized spacial score (nSPS) is 21.7. The van der Waals surface area contributed by atoms with E-state index in [-0.39, 0.29) is 5.91 Å². The monoisotopic (exact) mass is 293 g/mol. The van der Waals surface area contributed by atoms with Crippen LogP contribution in [0.3, 0.4) is 0 Å². The molecule has 1 amide bonds. The highest BCUT2D eigenvalue weighted by Crippen LogP contribution is 2.30. The van der Waals surface area contributed by atoms with Gasteiger partial charge in [0.15, 0.2) is 0 Å². The Hall–Kier alpha value is -1.23. The zero-order chi connectivity index (χ0) is 14.4. The molecule has 5 heteroatoms. The number of aromatic nitrogens is 1. The molecule has 0 aromatic carbocycles. The summed E-state index contributed by atoms with van der Waals surface area (Å²) in [6.07, 6.45) is 6.89. The fourth-order valence-electron chi connectivity index (χ4n) is 2.67. The molecule has 0 saturated heterocycles. The number of hydrogen-bond donors (Lipinski definition) is 2. The van der Waals surface area contributed by atoms with Gasteiger partial charge in [0.05, 0.1) is 17.4 Å². The van der Waals surface area contributed by atoms with Crippen molar-refractivity contribution in [2.75, 3.05) is 17.6 Å². The van der Waals surface area contributed by atoms with Crippen LogP contribution in [0.15, 0.2) is 18.5 Å². The average molecular weight is 293 g/mol. The lowest BCUT2D eigenvalue weighted by Gasteiger charge is -2.21. The summed E-state index contributed by atoms with van der Waals surface area (Å²) in [6.45, 7) is 4.97. The smallest absolute Gasteiger partial charge is 0.253 e. The summed E-state index contributed by atoms with van der Waals surface area (Å²) in [5.74, 6) is 1.12. The van der Waals surface area contributed by atoms with Crippen molar-refractivity contribution in [3.8, 4) is 0 Å². The minimum Gasteiger partial charge on any atom is -0.383 e. The number of carbonyl (C=O) groups excluding carboxylic acids is 1. The number of nitrogens with zero attached hydrogens (tertiary/aromatic N) is 1. The minimum atomic E-state index is 0.0111. The molecule has 20 heavy (non-hydrogen) atoms. The quantitative estimate of drug-likeness (QED) is 0.847. The van der Waals surface area contributed by atoms with Crippen molar-refractivity contribution in [2.24, 2.45) is 0 Å². The number of carbonyl (C=O) groups is 1. The summed E-state index contributed by atoms with van der Waals surface area (Å²) in [5, 5.41) is 6.95. The van der Waals surface area contributed by atoms with Gasteiger partial charge in [-0.15, -0.1) is 0 Å². The molecule has 2 atom stereocenters. The highest BCUT2D eigenvalue weighted by Gasteiger charge is 2.29. The van der Waals surface area contributed by atoms with E-state index in [2.05, 4.69) is 22.5 Å². The second-order valence-electron chi connectivity index (χ2n) is 4.96. The van der Waals surface area contributed by atoms with E-state index in [1.54, 1.807) is 18.5 Å². The Morgan fingerprint density at radius 1 is 1.45 bits per heavy atom. The molecule has 2 rings (SSSR count). The van der Waals surface area contributed by atoms with E-state index in [1.807, 2.05) is 18.7 Å². The van der Waals surface area contributed by atoms with E-state index in [9.17, 15) is 4.79 Å². The fourth-order valence-corrected chi connectivity index (χ4v) is 3.87. The van der Waals surface area contributed by atoms with Gasteiger partial charge in [-0.1, -0.05) is 13.3 Å². The Morgan fingerprint density at radius 3 is 3.05 bits per heavy atom. The maximum absolute atomic E-state index is 12.5. The van der Waals surface area contributed by atoms with Gasteiger partial charge in [0.25, 0.3) is 5.91 Å². The minimum absolute atomic E-state index is 0.0111. The molecule has 1 heterocycles. The van der Waals surface area contributed by atoms with Gasteiger partial charge in [-0.2, -0.15) is 11.8 Å². The van der Waals surface area contributed by atoms with Gasteiger partial charge in [0.2, 0.25) is 0 Å². The molecule has 1 aliphatic rings. The maximum Gasteiger partial charge on any atom is 0.253 e. The molecule has 1 fully saturated rings. The summed E-state index contributed by atoms with van der Waals surface area (Å²) in [4.78, 5) is 16.5. The van der Waals surface area contributed by atoms with Gasteiger partial charge >= 0.3 is 0 Å². The van der Waals surface area contributed by atoms with E-state index in [0.29, 0.717) is 16.9 Å². The number of amides is 1. The Morgan fingerprint density at radius 2 is 2.30 bits per heavy atom.